The molecule has 1 aromatic carbocycles. The molecule has 4 rings (SSSR count). The summed E-state index contributed by atoms with van der Waals surface area (Å²) in [7, 11) is 3.46. The number of aromatic nitrogens is 3. The number of fused-ring (bicyclic) bond motifs is 1. The third-order valence-corrected chi connectivity index (χ3v) is 5.45. The van der Waals surface area contributed by atoms with Gasteiger partial charge in [-0.25, -0.2) is 4.98 Å². The summed E-state index contributed by atoms with van der Waals surface area (Å²) in [5.74, 6) is 1.75. The number of carbonyl (C=O) groups is 2. The van der Waals surface area contributed by atoms with Crippen LogP contribution in [0.4, 0.5) is 4.79 Å². The molecule has 1 aliphatic heterocycles. The van der Waals surface area contributed by atoms with Gasteiger partial charge in [0.25, 0.3) is 5.24 Å². The van der Waals surface area contributed by atoms with Crippen molar-refractivity contribution in [3.8, 4) is 11.6 Å². The summed E-state index contributed by atoms with van der Waals surface area (Å²) < 4.78 is 12.9. The molecule has 0 aliphatic carbocycles. The minimum absolute atomic E-state index is 0.234. The van der Waals surface area contributed by atoms with Crippen molar-refractivity contribution < 1.29 is 19.1 Å². The maximum atomic E-state index is 11.7. The number of imide groups is 1. The van der Waals surface area contributed by atoms with E-state index >= 15 is 0 Å². The number of aryl methyl sites for hydroxylation is 1. The molecule has 0 bridgehead atoms. The van der Waals surface area contributed by atoms with Gasteiger partial charge in [-0.1, -0.05) is 23.9 Å². The fraction of sp³-hybridized carbons (Fsp3) is 0.263. The fourth-order valence-electron chi connectivity index (χ4n) is 2.95. The number of imidazole rings is 1. The lowest BCUT2D eigenvalue weighted by Crippen LogP contribution is -2.25. The van der Waals surface area contributed by atoms with Crippen LogP contribution >= 0.6 is 11.8 Å². The van der Waals surface area contributed by atoms with E-state index in [9.17, 15) is 9.59 Å². The smallest absolute Gasteiger partial charge is 0.286 e. The van der Waals surface area contributed by atoms with Crippen LogP contribution in [0.15, 0.2) is 36.4 Å². The van der Waals surface area contributed by atoms with Crippen molar-refractivity contribution >= 4 is 34.1 Å². The first-order chi connectivity index (χ1) is 13.5. The SMILES string of the molecule is COc1ccc2nc(COc3ccc(CC4SC(=O)NC4=O)cc3)n(C)c2n1. The quantitative estimate of drug-likeness (QED) is 0.681. The summed E-state index contributed by atoms with van der Waals surface area (Å²) in [5, 5.41) is 1.64. The minimum atomic E-state index is -0.372. The number of methoxy groups -OCH3 is 1. The fourth-order valence-corrected chi connectivity index (χ4v) is 3.81. The molecule has 2 amide bonds. The van der Waals surface area contributed by atoms with Crippen LogP contribution in [0.1, 0.15) is 11.4 Å². The number of nitrogens with one attached hydrogen (secondary N) is 1. The third-order valence-electron chi connectivity index (χ3n) is 4.47. The van der Waals surface area contributed by atoms with E-state index in [-0.39, 0.29) is 16.4 Å². The zero-order valence-electron chi connectivity index (χ0n) is 15.3. The molecular formula is C19H18N4O4S. The third kappa shape index (κ3) is 3.65. The molecule has 2 aromatic heterocycles. The zero-order chi connectivity index (χ0) is 19.7. The van der Waals surface area contributed by atoms with Gasteiger partial charge in [-0.15, -0.1) is 0 Å². The van der Waals surface area contributed by atoms with Crippen molar-refractivity contribution in [3.63, 3.8) is 0 Å². The average molecular weight is 398 g/mol. The first-order valence-electron chi connectivity index (χ1n) is 8.63. The van der Waals surface area contributed by atoms with E-state index in [1.54, 1.807) is 13.2 Å². The predicted octanol–water partition coefficient (Wildman–Crippen LogP) is 2.45. The molecule has 1 atom stereocenters. The normalized spacial score (nSPS) is 16.4. The molecule has 9 heteroatoms. The van der Waals surface area contributed by atoms with Gasteiger partial charge < -0.3 is 14.0 Å². The first-order valence-corrected chi connectivity index (χ1v) is 9.51. The highest BCUT2D eigenvalue weighted by Crippen LogP contribution is 2.24. The van der Waals surface area contributed by atoms with Gasteiger partial charge in [-0.3, -0.25) is 14.9 Å². The maximum Gasteiger partial charge on any atom is 0.286 e. The lowest BCUT2D eigenvalue weighted by atomic mass is 10.1. The van der Waals surface area contributed by atoms with Crippen molar-refractivity contribution in [1.82, 2.24) is 19.9 Å². The van der Waals surface area contributed by atoms with Crippen LogP contribution in [0.3, 0.4) is 0 Å². The van der Waals surface area contributed by atoms with Crippen molar-refractivity contribution in [3.05, 3.63) is 47.8 Å². The molecule has 144 valence electrons. The van der Waals surface area contributed by atoms with E-state index in [1.165, 1.54) is 0 Å². The van der Waals surface area contributed by atoms with Gasteiger partial charge in [-0.2, -0.15) is 4.98 Å². The van der Waals surface area contributed by atoms with Crippen LogP contribution in [0.25, 0.3) is 11.2 Å². The van der Waals surface area contributed by atoms with Gasteiger partial charge in [0.1, 0.15) is 23.7 Å². The van der Waals surface area contributed by atoms with Gasteiger partial charge in [-0.05, 0) is 30.2 Å². The Labute approximate surface area is 165 Å². The van der Waals surface area contributed by atoms with E-state index < -0.39 is 0 Å². The minimum Gasteiger partial charge on any atom is -0.486 e. The first kappa shape index (κ1) is 18.3. The van der Waals surface area contributed by atoms with E-state index in [0.717, 1.165) is 34.3 Å². The summed E-state index contributed by atoms with van der Waals surface area (Å²) >= 11 is 1.03. The molecular weight excluding hydrogens is 380 g/mol. The van der Waals surface area contributed by atoms with Crippen molar-refractivity contribution in [1.29, 1.82) is 0 Å². The average Bonchev–Trinajstić information content (AvgIpc) is 3.19. The molecule has 0 saturated carbocycles. The number of carbonyl (C=O) groups excluding carboxylic acids is 2. The molecule has 1 aliphatic rings. The maximum absolute atomic E-state index is 11.7. The highest BCUT2D eigenvalue weighted by molar-refractivity contribution is 8.15. The number of pyridine rings is 1. The summed E-state index contributed by atoms with van der Waals surface area (Å²) in [5.41, 5.74) is 2.48. The molecule has 0 radical (unpaired) electrons. The van der Waals surface area contributed by atoms with Crippen LogP contribution in [-0.2, 0) is 24.9 Å². The van der Waals surface area contributed by atoms with Crippen molar-refractivity contribution in [2.45, 2.75) is 18.3 Å². The van der Waals surface area contributed by atoms with Crippen molar-refractivity contribution in [2.75, 3.05) is 7.11 Å². The van der Waals surface area contributed by atoms with E-state index in [2.05, 4.69) is 15.3 Å². The Morgan fingerprint density at radius 3 is 2.61 bits per heavy atom. The van der Waals surface area contributed by atoms with Gasteiger partial charge in [0.2, 0.25) is 11.8 Å². The lowest BCUT2D eigenvalue weighted by Gasteiger charge is -2.08. The Kier molecular flexibility index (Phi) is 4.91. The molecule has 1 unspecified atom stereocenters. The standard InChI is InChI=1S/C19H18N4O4S/c1-23-15(20-13-7-8-16(26-2)21-17(13)23)10-27-12-5-3-11(4-6-12)9-14-18(24)22-19(25)28-14/h3-8,14H,9-10H2,1-2H3,(H,22,24,25). The molecule has 1 fully saturated rings. The number of hydrogen-bond acceptors (Lipinski definition) is 7. The highest BCUT2D eigenvalue weighted by atomic mass is 32.2. The Morgan fingerprint density at radius 2 is 1.93 bits per heavy atom. The number of amides is 2. The second-order valence-corrected chi connectivity index (χ2v) is 7.48. The molecule has 0 spiro atoms. The topological polar surface area (TPSA) is 95.3 Å². The van der Waals surface area contributed by atoms with Crippen LogP contribution in [0.5, 0.6) is 11.6 Å². The van der Waals surface area contributed by atoms with Crippen LogP contribution in [0.2, 0.25) is 0 Å². The van der Waals surface area contributed by atoms with Gasteiger partial charge >= 0.3 is 0 Å². The van der Waals surface area contributed by atoms with E-state index in [4.69, 9.17) is 9.47 Å². The van der Waals surface area contributed by atoms with E-state index in [1.807, 2.05) is 41.9 Å². The molecule has 1 N–H and O–H groups in total. The second-order valence-electron chi connectivity index (χ2n) is 6.30. The Balaban J connectivity index is 1.41. The summed E-state index contributed by atoms with van der Waals surface area (Å²) in [6.07, 6.45) is 0.501. The Hall–Kier alpha value is -3.07. The van der Waals surface area contributed by atoms with E-state index in [0.29, 0.717) is 24.7 Å². The van der Waals surface area contributed by atoms with Crippen LogP contribution in [0, 0.1) is 0 Å². The molecule has 3 aromatic rings. The summed E-state index contributed by atoms with van der Waals surface area (Å²) in [6, 6.07) is 11.1. The summed E-state index contributed by atoms with van der Waals surface area (Å²) in [6.45, 7) is 0.296. The number of benzene rings is 1. The monoisotopic (exact) mass is 398 g/mol. The highest BCUT2D eigenvalue weighted by Gasteiger charge is 2.31. The Morgan fingerprint density at radius 1 is 1.14 bits per heavy atom. The largest absolute Gasteiger partial charge is 0.486 e. The van der Waals surface area contributed by atoms with Crippen molar-refractivity contribution in [2.24, 2.45) is 7.05 Å². The molecule has 3 heterocycles. The lowest BCUT2D eigenvalue weighted by molar-refractivity contribution is -0.118. The zero-order valence-corrected chi connectivity index (χ0v) is 16.2. The number of thioether (sulfide) groups is 1. The molecule has 28 heavy (non-hydrogen) atoms. The van der Waals surface area contributed by atoms with Gasteiger partial charge in [0.05, 0.1) is 12.4 Å². The van der Waals surface area contributed by atoms with Crippen LogP contribution < -0.4 is 14.8 Å². The van der Waals surface area contributed by atoms with Gasteiger partial charge in [0.15, 0.2) is 5.65 Å². The number of rotatable bonds is 6. The second kappa shape index (κ2) is 7.51. The summed E-state index contributed by atoms with van der Waals surface area (Å²) in [4.78, 5) is 31.9. The Bertz CT molecular complexity index is 1050. The number of hydrogen-bond donors (Lipinski definition) is 1. The van der Waals surface area contributed by atoms with Crippen LogP contribution in [-0.4, -0.2) is 38.0 Å². The number of ether oxygens (including phenoxy) is 2. The molecule has 8 nitrogen and oxygen atoms in total. The van der Waals surface area contributed by atoms with Gasteiger partial charge in [0, 0.05) is 13.1 Å². The molecule has 1 saturated heterocycles. The predicted molar refractivity (Wildman–Crippen MR) is 104 cm³/mol. The number of nitrogens with zero attached hydrogens (tertiary/aromatic N) is 3.